The highest BCUT2D eigenvalue weighted by atomic mass is 16.2. The monoisotopic (exact) mass is 354 g/mol. The third kappa shape index (κ3) is 3.65. The van der Waals surface area contributed by atoms with Gasteiger partial charge in [-0.3, -0.25) is 9.59 Å². The van der Waals surface area contributed by atoms with Gasteiger partial charge in [-0.2, -0.15) is 0 Å². The quantitative estimate of drug-likeness (QED) is 0.882. The standard InChI is InChI=1S/C22H30N2O2/c25-20(17-10-14-24(15-11-17)21(26)18-8-9-18)23-16-22(12-4-5-13-22)19-6-2-1-3-7-19/h1-3,6-7,17-18H,4-5,8-16H2,(H,23,25). The summed E-state index contributed by atoms with van der Waals surface area (Å²) in [4.78, 5) is 26.9. The first-order valence-electron chi connectivity index (χ1n) is 10.3. The van der Waals surface area contributed by atoms with Gasteiger partial charge in [-0.1, -0.05) is 43.2 Å². The smallest absolute Gasteiger partial charge is 0.225 e. The van der Waals surface area contributed by atoms with Crippen LogP contribution in [0, 0.1) is 11.8 Å². The van der Waals surface area contributed by atoms with Crippen molar-refractivity contribution in [1.82, 2.24) is 10.2 Å². The number of hydrogen-bond donors (Lipinski definition) is 1. The predicted octanol–water partition coefficient (Wildman–Crippen LogP) is 3.26. The average Bonchev–Trinajstić information content (AvgIpc) is 3.44. The lowest BCUT2D eigenvalue weighted by atomic mass is 9.78. The van der Waals surface area contributed by atoms with E-state index in [1.54, 1.807) is 0 Å². The second kappa shape index (κ2) is 7.42. The zero-order valence-electron chi connectivity index (χ0n) is 15.6. The number of benzene rings is 1. The predicted molar refractivity (Wildman–Crippen MR) is 102 cm³/mol. The molecule has 1 heterocycles. The molecule has 0 unspecified atom stereocenters. The van der Waals surface area contributed by atoms with Crippen LogP contribution in [0.2, 0.25) is 0 Å². The number of amides is 2. The molecule has 1 saturated heterocycles. The lowest BCUT2D eigenvalue weighted by Gasteiger charge is -2.34. The molecule has 1 aromatic rings. The minimum absolute atomic E-state index is 0.0625. The van der Waals surface area contributed by atoms with E-state index in [2.05, 4.69) is 35.6 Å². The molecule has 4 rings (SSSR count). The first kappa shape index (κ1) is 17.6. The number of carbonyl (C=O) groups is 2. The zero-order valence-corrected chi connectivity index (χ0v) is 15.6. The van der Waals surface area contributed by atoms with Gasteiger partial charge in [0.15, 0.2) is 0 Å². The molecule has 2 amide bonds. The summed E-state index contributed by atoms with van der Waals surface area (Å²) in [5.74, 6) is 0.851. The van der Waals surface area contributed by atoms with Gasteiger partial charge >= 0.3 is 0 Å². The summed E-state index contributed by atoms with van der Waals surface area (Å²) < 4.78 is 0. The SMILES string of the molecule is O=C(NCC1(c2ccccc2)CCCC1)C1CCN(C(=O)C2CC2)CC1. The number of rotatable bonds is 5. The number of likely N-dealkylation sites (tertiary alicyclic amines) is 1. The van der Waals surface area contributed by atoms with E-state index >= 15 is 0 Å². The van der Waals surface area contributed by atoms with E-state index < -0.39 is 0 Å². The molecule has 1 aromatic carbocycles. The second-order valence-electron chi connectivity index (χ2n) is 8.45. The molecule has 0 spiro atoms. The van der Waals surface area contributed by atoms with Crippen molar-refractivity contribution in [2.24, 2.45) is 11.8 Å². The van der Waals surface area contributed by atoms with E-state index in [9.17, 15) is 9.59 Å². The van der Waals surface area contributed by atoms with Crippen molar-refractivity contribution in [2.45, 2.75) is 56.8 Å². The van der Waals surface area contributed by atoms with Gasteiger partial charge in [-0.05, 0) is 44.1 Å². The van der Waals surface area contributed by atoms with Gasteiger partial charge in [0.05, 0.1) is 0 Å². The fourth-order valence-corrected chi connectivity index (χ4v) is 4.76. The van der Waals surface area contributed by atoms with Gasteiger partial charge in [-0.25, -0.2) is 0 Å². The van der Waals surface area contributed by atoms with Crippen molar-refractivity contribution in [3.05, 3.63) is 35.9 Å². The van der Waals surface area contributed by atoms with Crippen molar-refractivity contribution in [2.75, 3.05) is 19.6 Å². The van der Waals surface area contributed by atoms with Gasteiger partial charge in [0.25, 0.3) is 0 Å². The van der Waals surface area contributed by atoms with E-state index in [4.69, 9.17) is 0 Å². The Kier molecular flexibility index (Phi) is 5.01. The number of nitrogens with one attached hydrogen (secondary N) is 1. The van der Waals surface area contributed by atoms with Gasteiger partial charge in [0, 0.05) is 36.9 Å². The number of piperidine rings is 1. The largest absolute Gasteiger partial charge is 0.355 e. The Morgan fingerprint density at radius 3 is 2.23 bits per heavy atom. The van der Waals surface area contributed by atoms with Crippen molar-refractivity contribution < 1.29 is 9.59 Å². The maximum atomic E-state index is 12.7. The number of nitrogens with zero attached hydrogens (tertiary/aromatic N) is 1. The Balaban J connectivity index is 1.31. The Bertz CT molecular complexity index is 639. The van der Waals surface area contributed by atoms with Crippen LogP contribution in [0.1, 0.15) is 56.9 Å². The lowest BCUT2D eigenvalue weighted by Crippen LogP contribution is -2.46. The van der Waals surface area contributed by atoms with Crippen molar-refractivity contribution in [3.63, 3.8) is 0 Å². The third-order valence-corrected chi connectivity index (χ3v) is 6.65. The van der Waals surface area contributed by atoms with Crippen molar-refractivity contribution in [3.8, 4) is 0 Å². The number of hydrogen-bond acceptors (Lipinski definition) is 2. The van der Waals surface area contributed by atoms with Crippen LogP contribution in [0.4, 0.5) is 0 Å². The van der Waals surface area contributed by atoms with E-state index in [-0.39, 0.29) is 23.2 Å². The molecule has 26 heavy (non-hydrogen) atoms. The maximum absolute atomic E-state index is 12.7. The summed E-state index contributed by atoms with van der Waals surface area (Å²) in [7, 11) is 0. The van der Waals surface area contributed by atoms with Crippen LogP contribution in [0.5, 0.6) is 0 Å². The normalized spacial score (nSPS) is 23.0. The molecule has 1 aliphatic heterocycles. The van der Waals surface area contributed by atoms with Crippen LogP contribution in [0.3, 0.4) is 0 Å². The van der Waals surface area contributed by atoms with E-state index in [1.807, 2.05) is 4.90 Å². The van der Waals surface area contributed by atoms with Gasteiger partial charge in [-0.15, -0.1) is 0 Å². The minimum atomic E-state index is 0.0625. The van der Waals surface area contributed by atoms with Crippen molar-refractivity contribution >= 4 is 11.8 Å². The van der Waals surface area contributed by atoms with Crippen LogP contribution in [0.15, 0.2) is 30.3 Å². The highest BCUT2D eigenvalue weighted by Gasteiger charge is 2.38. The topological polar surface area (TPSA) is 49.4 Å². The molecule has 2 aliphatic carbocycles. The summed E-state index contributed by atoms with van der Waals surface area (Å²) >= 11 is 0. The lowest BCUT2D eigenvalue weighted by molar-refractivity contribution is -0.136. The molecule has 0 atom stereocenters. The first-order chi connectivity index (χ1) is 12.7. The fraction of sp³-hybridized carbons (Fsp3) is 0.636. The summed E-state index contributed by atoms with van der Waals surface area (Å²) in [6.45, 7) is 2.24. The maximum Gasteiger partial charge on any atom is 0.225 e. The fourth-order valence-electron chi connectivity index (χ4n) is 4.76. The first-order valence-corrected chi connectivity index (χ1v) is 10.3. The average molecular weight is 354 g/mol. The highest BCUT2D eigenvalue weighted by Crippen LogP contribution is 2.40. The Morgan fingerprint density at radius 1 is 0.962 bits per heavy atom. The summed E-state index contributed by atoms with van der Waals surface area (Å²) in [5.41, 5.74) is 1.47. The van der Waals surface area contributed by atoms with Crippen molar-refractivity contribution in [1.29, 1.82) is 0 Å². The molecule has 2 saturated carbocycles. The molecular weight excluding hydrogens is 324 g/mol. The van der Waals surface area contributed by atoms with Gasteiger partial charge < -0.3 is 10.2 Å². The third-order valence-electron chi connectivity index (χ3n) is 6.65. The molecule has 140 valence electrons. The van der Waals surface area contributed by atoms with Crippen LogP contribution in [-0.2, 0) is 15.0 Å². The summed E-state index contributed by atoms with van der Waals surface area (Å²) in [6, 6.07) is 10.7. The molecule has 0 aromatic heterocycles. The Labute approximate surface area is 156 Å². The Hall–Kier alpha value is -1.84. The highest BCUT2D eigenvalue weighted by molar-refractivity contribution is 5.82. The molecule has 0 radical (unpaired) electrons. The van der Waals surface area contributed by atoms with E-state index in [1.165, 1.54) is 18.4 Å². The van der Waals surface area contributed by atoms with E-state index in [0.29, 0.717) is 5.91 Å². The van der Waals surface area contributed by atoms with E-state index in [0.717, 1.165) is 58.2 Å². The van der Waals surface area contributed by atoms with Gasteiger partial charge in [0.2, 0.25) is 11.8 Å². The molecule has 3 fully saturated rings. The van der Waals surface area contributed by atoms with Crippen LogP contribution in [0.25, 0.3) is 0 Å². The molecule has 3 aliphatic rings. The van der Waals surface area contributed by atoms with Crippen LogP contribution in [-0.4, -0.2) is 36.3 Å². The molecule has 4 heteroatoms. The Morgan fingerprint density at radius 2 is 1.62 bits per heavy atom. The molecule has 4 nitrogen and oxygen atoms in total. The molecular formula is C22H30N2O2. The second-order valence-corrected chi connectivity index (χ2v) is 8.45. The van der Waals surface area contributed by atoms with Crippen LogP contribution < -0.4 is 5.32 Å². The molecule has 0 bridgehead atoms. The molecule has 1 N–H and O–H groups in total. The summed E-state index contributed by atoms with van der Waals surface area (Å²) in [5, 5.41) is 3.27. The summed E-state index contributed by atoms with van der Waals surface area (Å²) in [6.07, 6.45) is 8.53. The van der Waals surface area contributed by atoms with Crippen LogP contribution >= 0.6 is 0 Å². The number of carbonyl (C=O) groups excluding carboxylic acids is 2. The zero-order chi connectivity index (χ0) is 18.0. The minimum Gasteiger partial charge on any atom is -0.355 e. The van der Waals surface area contributed by atoms with Gasteiger partial charge in [0.1, 0.15) is 0 Å².